The summed E-state index contributed by atoms with van der Waals surface area (Å²) in [5, 5.41) is 4.16. The van der Waals surface area contributed by atoms with Crippen molar-refractivity contribution in [2.24, 2.45) is 0 Å². The number of anilines is 1. The van der Waals surface area contributed by atoms with Crippen LogP contribution in [0.4, 0.5) is 10.5 Å². The van der Waals surface area contributed by atoms with Crippen molar-refractivity contribution in [3.63, 3.8) is 0 Å². The van der Waals surface area contributed by atoms with E-state index in [0.717, 1.165) is 49.9 Å². The summed E-state index contributed by atoms with van der Waals surface area (Å²) in [4.78, 5) is 18.6. The maximum absolute atomic E-state index is 12.5. The fourth-order valence-electron chi connectivity index (χ4n) is 5.62. The van der Waals surface area contributed by atoms with Gasteiger partial charge in [-0.15, -0.1) is 0 Å². The molecule has 3 heterocycles. The lowest BCUT2D eigenvalue weighted by molar-refractivity contribution is 0.0933. The molecule has 1 saturated carbocycles. The number of carbonyl (C=O) groups is 1. The van der Waals surface area contributed by atoms with E-state index in [2.05, 4.69) is 39.6 Å². The fraction of sp³-hybridized carbons (Fsp3) is 0.577. The van der Waals surface area contributed by atoms with Gasteiger partial charge >= 0.3 is 6.09 Å². The predicted molar refractivity (Wildman–Crippen MR) is 126 cm³/mol. The van der Waals surface area contributed by atoms with Crippen molar-refractivity contribution in [2.75, 3.05) is 18.4 Å². The number of benzene rings is 1. The molecule has 5 heteroatoms. The average molecular weight is 422 g/mol. The quantitative estimate of drug-likeness (QED) is 0.597. The summed E-state index contributed by atoms with van der Waals surface area (Å²) in [7, 11) is 0. The van der Waals surface area contributed by atoms with Crippen molar-refractivity contribution >= 4 is 28.3 Å². The van der Waals surface area contributed by atoms with Gasteiger partial charge in [-0.1, -0.05) is 31.8 Å². The van der Waals surface area contributed by atoms with E-state index in [9.17, 15) is 4.79 Å². The first-order chi connectivity index (χ1) is 15.3. The number of aromatic amines is 1. The van der Waals surface area contributed by atoms with E-state index in [1.54, 1.807) is 0 Å². The first-order valence-corrected chi connectivity index (χ1v) is 12.3. The molecule has 5 rings (SSSR count). The Labute approximate surface area is 185 Å². The third-order valence-corrected chi connectivity index (χ3v) is 7.38. The molecule has 2 N–H and O–H groups in total. The van der Waals surface area contributed by atoms with E-state index in [4.69, 9.17) is 4.74 Å². The predicted octanol–water partition coefficient (Wildman–Crippen LogP) is 6.47. The molecule has 1 amide bonds. The number of ether oxygens (including phenoxy) is 1. The Hall–Kier alpha value is -2.27. The van der Waals surface area contributed by atoms with Crippen molar-refractivity contribution in [2.45, 2.75) is 82.8 Å². The molecule has 166 valence electrons. The molecule has 1 atom stereocenters. The third kappa shape index (κ3) is 4.82. The molecule has 1 unspecified atom stereocenters. The van der Waals surface area contributed by atoms with Gasteiger partial charge in [0.05, 0.1) is 0 Å². The smallest absolute Gasteiger partial charge is 0.411 e. The summed E-state index contributed by atoms with van der Waals surface area (Å²) in [6, 6.07) is 6.79. The maximum Gasteiger partial charge on any atom is 0.411 e. The van der Waals surface area contributed by atoms with E-state index < -0.39 is 0 Å². The third-order valence-electron chi connectivity index (χ3n) is 7.38. The lowest BCUT2D eigenvalue weighted by Crippen LogP contribution is -2.41. The number of carbonyl (C=O) groups excluding carboxylic acids is 1. The number of hydrogen-bond donors (Lipinski definition) is 2. The fourth-order valence-corrected chi connectivity index (χ4v) is 5.62. The Kier molecular flexibility index (Phi) is 6.30. The van der Waals surface area contributed by atoms with Crippen LogP contribution in [0, 0.1) is 0 Å². The van der Waals surface area contributed by atoms with Crippen LogP contribution >= 0.6 is 0 Å². The molecule has 31 heavy (non-hydrogen) atoms. The van der Waals surface area contributed by atoms with E-state index >= 15 is 0 Å². The summed E-state index contributed by atoms with van der Waals surface area (Å²) in [6.07, 6.45) is 17.5. The summed E-state index contributed by atoms with van der Waals surface area (Å²) in [5.74, 6) is 0. The number of rotatable bonds is 3. The van der Waals surface area contributed by atoms with Gasteiger partial charge in [0.1, 0.15) is 6.10 Å². The zero-order chi connectivity index (χ0) is 21.0. The molecule has 1 aromatic heterocycles. The molecule has 0 radical (unpaired) electrons. The number of nitrogens with one attached hydrogen (secondary N) is 2. The maximum atomic E-state index is 12.5. The van der Waals surface area contributed by atoms with Gasteiger partial charge in [0.2, 0.25) is 0 Å². The van der Waals surface area contributed by atoms with Crippen LogP contribution in [0.15, 0.2) is 30.5 Å². The van der Waals surface area contributed by atoms with Crippen molar-refractivity contribution in [1.29, 1.82) is 0 Å². The lowest BCUT2D eigenvalue weighted by Gasteiger charge is -2.38. The van der Waals surface area contributed by atoms with Gasteiger partial charge in [-0.25, -0.2) is 4.79 Å². The van der Waals surface area contributed by atoms with Gasteiger partial charge in [0.15, 0.2) is 0 Å². The van der Waals surface area contributed by atoms with Gasteiger partial charge in [-0.2, -0.15) is 0 Å². The summed E-state index contributed by atoms with van der Waals surface area (Å²) in [5.41, 5.74) is 4.63. The zero-order valence-electron chi connectivity index (χ0n) is 18.5. The average Bonchev–Trinajstić information content (AvgIpc) is 3.18. The molecule has 2 aliphatic heterocycles. The minimum Gasteiger partial charge on any atom is -0.446 e. The number of nitrogens with zero attached hydrogens (tertiary/aromatic N) is 1. The highest BCUT2D eigenvalue weighted by atomic mass is 16.6. The van der Waals surface area contributed by atoms with Gasteiger partial charge < -0.3 is 9.72 Å². The van der Waals surface area contributed by atoms with Crippen LogP contribution in [0.1, 0.15) is 76.2 Å². The van der Waals surface area contributed by atoms with E-state index in [0.29, 0.717) is 6.04 Å². The van der Waals surface area contributed by atoms with Crippen molar-refractivity contribution in [1.82, 2.24) is 9.88 Å². The minimum atomic E-state index is -0.322. The summed E-state index contributed by atoms with van der Waals surface area (Å²) < 4.78 is 5.76. The van der Waals surface area contributed by atoms with Crippen molar-refractivity contribution in [3.8, 4) is 0 Å². The number of hydrogen-bond acceptors (Lipinski definition) is 3. The summed E-state index contributed by atoms with van der Waals surface area (Å²) >= 11 is 0. The van der Waals surface area contributed by atoms with Crippen LogP contribution in [0.5, 0.6) is 0 Å². The first kappa shape index (κ1) is 20.6. The van der Waals surface area contributed by atoms with E-state index in [-0.39, 0.29) is 12.2 Å². The molecule has 3 aliphatic rings. The van der Waals surface area contributed by atoms with Gasteiger partial charge in [-0.3, -0.25) is 10.2 Å². The molecular formula is C26H35N3O2. The number of piperidine rings is 1. The Morgan fingerprint density at radius 1 is 1.03 bits per heavy atom. The molecule has 2 aromatic rings. The van der Waals surface area contributed by atoms with Crippen LogP contribution in [-0.4, -0.2) is 41.2 Å². The standard InChI is InChI=1S/C26H35N3O2/c30-26(31-22-9-4-2-1-3-5-10-22)28-20-11-12-25-23(17-20)24(18-27-25)19-13-15-29-14-7-6-8-21(29)16-19/h11-13,17-18,21-22,27H,1-10,14-16H2,(H,28,30). The molecule has 1 aromatic carbocycles. The van der Waals surface area contributed by atoms with Gasteiger partial charge in [-0.05, 0) is 75.3 Å². The number of amides is 1. The van der Waals surface area contributed by atoms with Crippen molar-refractivity contribution < 1.29 is 9.53 Å². The van der Waals surface area contributed by atoms with Crippen molar-refractivity contribution in [3.05, 3.63) is 36.0 Å². The highest BCUT2D eigenvalue weighted by molar-refractivity contribution is 5.96. The number of H-pyrrole nitrogens is 1. The largest absolute Gasteiger partial charge is 0.446 e. The Morgan fingerprint density at radius 3 is 2.71 bits per heavy atom. The van der Waals surface area contributed by atoms with Crippen LogP contribution in [0.2, 0.25) is 0 Å². The van der Waals surface area contributed by atoms with E-state index in [1.807, 2.05) is 6.07 Å². The number of fused-ring (bicyclic) bond motifs is 2. The van der Waals surface area contributed by atoms with Crippen LogP contribution < -0.4 is 5.32 Å². The second-order valence-corrected chi connectivity index (χ2v) is 9.54. The molecule has 0 spiro atoms. The topological polar surface area (TPSA) is 57.4 Å². The molecule has 5 nitrogen and oxygen atoms in total. The summed E-state index contributed by atoms with van der Waals surface area (Å²) in [6.45, 7) is 2.29. The molecular weight excluding hydrogens is 386 g/mol. The highest BCUT2D eigenvalue weighted by Gasteiger charge is 2.27. The molecule has 2 fully saturated rings. The Bertz CT molecular complexity index is 939. The van der Waals surface area contributed by atoms with Gasteiger partial charge in [0, 0.05) is 40.9 Å². The number of aromatic nitrogens is 1. The highest BCUT2D eigenvalue weighted by Crippen LogP contribution is 2.35. The Morgan fingerprint density at radius 2 is 1.84 bits per heavy atom. The Balaban J connectivity index is 1.28. The second-order valence-electron chi connectivity index (χ2n) is 9.54. The van der Waals surface area contributed by atoms with Crippen LogP contribution in [0.3, 0.4) is 0 Å². The van der Waals surface area contributed by atoms with E-state index in [1.165, 1.54) is 61.6 Å². The molecule has 1 aliphatic carbocycles. The lowest BCUT2D eigenvalue weighted by atomic mass is 9.89. The van der Waals surface area contributed by atoms with Gasteiger partial charge in [0.25, 0.3) is 0 Å². The molecule has 0 bridgehead atoms. The monoisotopic (exact) mass is 421 g/mol. The SMILES string of the molecule is O=C(Nc1ccc2[nH]cc(C3=CCN4CCCCC4C3)c2c1)OC1CCCCCCC1. The van der Waals surface area contributed by atoms with Crippen LogP contribution in [-0.2, 0) is 4.74 Å². The first-order valence-electron chi connectivity index (χ1n) is 12.3. The minimum absolute atomic E-state index is 0.0534. The van der Waals surface area contributed by atoms with Crippen LogP contribution in [0.25, 0.3) is 16.5 Å². The normalized spacial score (nSPS) is 23.5. The molecule has 1 saturated heterocycles. The zero-order valence-corrected chi connectivity index (χ0v) is 18.5. The second kappa shape index (κ2) is 9.47.